The van der Waals surface area contributed by atoms with Crippen LogP contribution < -0.4 is 9.47 Å². The van der Waals surface area contributed by atoms with Gasteiger partial charge in [-0.1, -0.05) is 36.4 Å². The summed E-state index contributed by atoms with van der Waals surface area (Å²) in [5, 5.41) is 0. The van der Waals surface area contributed by atoms with E-state index in [4.69, 9.17) is 14.2 Å². The van der Waals surface area contributed by atoms with E-state index in [-0.39, 0.29) is 17.9 Å². The molecule has 0 saturated heterocycles. The molecule has 148 valence electrons. The van der Waals surface area contributed by atoms with E-state index in [1.54, 1.807) is 14.2 Å². The Morgan fingerprint density at radius 3 is 2.39 bits per heavy atom. The van der Waals surface area contributed by atoms with Gasteiger partial charge in [0.05, 0.1) is 21.3 Å². The average Bonchev–Trinajstić information content (AvgIpc) is 2.87. The highest BCUT2D eigenvalue weighted by Gasteiger charge is 2.32. The first kappa shape index (κ1) is 20.0. The molecule has 0 N–H and O–H groups in total. The van der Waals surface area contributed by atoms with Gasteiger partial charge in [-0.3, -0.25) is 4.90 Å². The van der Waals surface area contributed by atoms with E-state index in [1.165, 1.54) is 29.9 Å². The lowest BCUT2D eigenvalue weighted by Crippen LogP contribution is -2.35. The summed E-state index contributed by atoms with van der Waals surface area (Å²) in [7, 11) is 6.79. The summed E-state index contributed by atoms with van der Waals surface area (Å²) >= 11 is 0. The third-order valence-electron chi connectivity index (χ3n) is 5.35. The number of benzene rings is 2. The Balaban J connectivity index is 2.18. The third kappa shape index (κ3) is 4.04. The molecule has 5 heteroatoms. The monoisotopic (exact) mass is 381 g/mol. The van der Waals surface area contributed by atoms with Crippen LogP contribution in [0.3, 0.4) is 0 Å². The molecule has 0 fully saturated rings. The predicted molar refractivity (Wildman–Crippen MR) is 109 cm³/mol. The molecule has 28 heavy (non-hydrogen) atoms. The molecule has 0 unspecified atom stereocenters. The van der Waals surface area contributed by atoms with Gasteiger partial charge in [-0.05, 0) is 42.3 Å². The fourth-order valence-electron chi connectivity index (χ4n) is 3.87. The maximum absolute atomic E-state index is 11.8. The second-order valence-corrected chi connectivity index (χ2v) is 6.90. The molecule has 1 heterocycles. The Labute approximate surface area is 166 Å². The van der Waals surface area contributed by atoms with Gasteiger partial charge < -0.3 is 14.2 Å². The Hall–Kier alpha value is -2.79. The lowest BCUT2D eigenvalue weighted by molar-refractivity contribution is -0.134. The maximum Gasteiger partial charge on any atom is 0.330 e. The molecule has 1 aliphatic rings. The van der Waals surface area contributed by atoms with Gasteiger partial charge in [-0.15, -0.1) is 0 Å². The molecule has 1 aliphatic heterocycles. The van der Waals surface area contributed by atoms with Crippen LogP contribution in [0.1, 0.15) is 22.6 Å². The molecular weight excluding hydrogens is 354 g/mol. The minimum absolute atomic E-state index is 0.000788. The first-order valence-corrected chi connectivity index (χ1v) is 9.35. The van der Waals surface area contributed by atoms with Gasteiger partial charge in [0.1, 0.15) is 0 Å². The number of carbonyl (C=O) groups is 1. The minimum Gasteiger partial charge on any atom is -0.493 e. The van der Waals surface area contributed by atoms with Gasteiger partial charge >= 0.3 is 5.97 Å². The van der Waals surface area contributed by atoms with Crippen molar-refractivity contribution in [3.05, 3.63) is 71.3 Å². The zero-order chi connectivity index (χ0) is 20.1. The van der Waals surface area contributed by atoms with Crippen LogP contribution in [-0.4, -0.2) is 51.8 Å². The number of hydrogen-bond donors (Lipinski definition) is 0. The predicted octanol–water partition coefficient (Wildman–Crippen LogP) is 3.42. The van der Waals surface area contributed by atoms with Gasteiger partial charge in [0, 0.05) is 24.6 Å². The Morgan fingerprint density at radius 1 is 1.07 bits per heavy atom. The summed E-state index contributed by atoms with van der Waals surface area (Å²) in [6.07, 6.45) is 4.34. The Kier molecular flexibility index (Phi) is 6.37. The van der Waals surface area contributed by atoms with Gasteiger partial charge in [0.15, 0.2) is 11.5 Å². The van der Waals surface area contributed by atoms with Crippen molar-refractivity contribution in [2.24, 2.45) is 0 Å². The molecule has 0 aliphatic carbocycles. The first-order valence-electron chi connectivity index (χ1n) is 9.35. The van der Waals surface area contributed by atoms with Crippen molar-refractivity contribution in [2.45, 2.75) is 18.4 Å². The number of nitrogens with zero attached hydrogens (tertiary/aromatic N) is 1. The number of carbonyl (C=O) groups excluding carboxylic acids is 1. The Bertz CT molecular complexity index is 847. The van der Waals surface area contributed by atoms with E-state index in [9.17, 15) is 4.79 Å². The molecule has 0 bridgehead atoms. The zero-order valence-corrected chi connectivity index (χ0v) is 16.8. The van der Waals surface area contributed by atoms with Crippen LogP contribution in [0.4, 0.5) is 0 Å². The van der Waals surface area contributed by atoms with Crippen LogP contribution in [0, 0.1) is 0 Å². The third-order valence-corrected chi connectivity index (χ3v) is 5.35. The summed E-state index contributed by atoms with van der Waals surface area (Å²) in [6, 6.07) is 14.5. The number of ether oxygens (including phenoxy) is 3. The van der Waals surface area contributed by atoms with Gasteiger partial charge in [-0.2, -0.15) is 0 Å². The normalized spacial score (nSPS) is 19.7. The lowest BCUT2D eigenvalue weighted by Gasteiger charge is -2.31. The summed E-state index contributed by atoms with van der Waals surface area (Å²) in [5.41, 5.74) is 3.60. The molecule has 2 aromatic carbocycles. The first-order chi connectivity index (χ1) is 13.6. The fourth-order valence-corrected chi connectivity index (χ4v) is 3.87. The van der Waals surface area contributed by atoms with Crippen LogP contribution in [0.25, 0.3) is 0 Å². The van der Waals surface area contributed by atoms with E-state index in [0.717, 1.165) is 18.7 Å². The highest BCUT2D eigenvalue weighted by molar-refractivity contribution is 5.81. The van der Waals surface area contributed by atoms with Crippen molar-refractivity contribution in [1.82, 2.24) is 4.90 Å². The number of hydrogen-bond acceptors (Lipinski definition) is 5. The Morgan fingerprint density at radius 2 is 1.75 bits per heavy atom. The SMILES string of the molecule is COC(=O)/C=C/[C@H]1[C@H](c2ccccc2)c2cc(OC)c(OC)cc2CCN1C. The molecule has 2 atom stereocenters. The zero-order valence-electron chi connectivity index (χ0n) is 16.8. The molecule has 0 spiro atoms. The summed E-state index contributed by atoms with van der Waals surface area (Å²) in [4.78, 5) is 14.0. The summed E-state index contributed by atoms with van der Waals surface area (Å²) in [6.45, 7) is 0.863. The molecule has 5 nitrogen and oxygen atoms in total. The quantitative estimate of drug-likeness (QED) is 0.587. The molecule has 0 radical (unpaired) electrons. The summed E-state index contributed by atoms with van der Waals surface area (Å²) < 4.78 is 15.9. The summed E-state index contributed by atoms with van der Waals surface area (Å²) in [5.74, 6) is 1.14. The molecular formula is C23H27NO4. The lowest BCUT2D eigenvalue weighted by atomic mass is 9.82. The molecule has 0 amide bonds. The van der Waals surface area contributed by atoms with Gasteiger partial charge in [-0.25, -0.2) is 4.79 Å². The van der Waals surface area contributed by atoms with Crippen molar-refractivity contribution < 1.29 is 19.0 Å². The smallest absolute Gasteiger partial charge is 0.330 e. The maximum atomic E-state index is 11.8. The van der Waals surface area contributed by atoms with Crippen LogP contribution in [0.15, 0.2) is 54.6 Å². The van der Waals surface area contributed by atoms with Crippen LogP contribution >= 0.6 is 0 Å². The minimum atomic E-state index is -0.350. The molecule has 2 aromatic rings. The van der Waals surface area contributed by atoms with Crippen LogP contribution in [0.2, 0.25) is 0 Å². The standard InChI is InChI=1S/C23H27NO4/c1-24-13-12-17-14-20(26-2)21(27-3)15-18(17)23(16-8-6-5-7-9-16)19(24)10-11-22(25)28-4/h5-11,14-15,19,23H,12-13H2,1-4H3/b11-10+/t19-,23+/m0/s1. The van der Waals surface area contributed by atoms with Crippen molar-refractivity contribution >= 4 is 5.97 Å². The van der Waals surface area contributed by atoms with Gasteiger partial charge in [0.2, 0.25) is 0 Å². The van der Waals surface area contributed by atoms with Gasteiger partial charge in [0.25, 0.3) is 0 Å². The fraction of sp³-hybridized carbons (Fsp3) is 0.348. The van der Waals surface area contributed by atoms with Crippen molar-refractivity contribution in [3.63, 3.8) is 0 Å². The highest BCUT2D eigenvalue weighted by atomic mass is 16.5. The van der Waals surface area contributed by atoms with E-state index in [1.807, 2.05) is 24.3 Å². The highest BCUT2D eigenvalue weighted by Crippen LogP contribution is 2.41. The largest absolute Gasteiger partial charge is 0.493 e. The number of fused-ring (bicyclic) bond motifs is 1. The van der Waals surface area contributed by atoms with E-state index >= 15 is 0 Å². The average molecular weight is 381 g/mol. The number of rotatable bonds is 5. The van der Waals surface area contributed by atoms with E-state index in [2.05, 4.69) is 36.2 Å². The number of likely N-dealkylation sites (N-methyl/N-ethyl adjacent to an activating group) is 1. The second kappa shape index (κ2) is 8.93. The number of methoxy groups -OCH3 is 3. The topological polar surface area (TPSA) is 48.0 Å². The van der Waals surface area contributed by atoms with E-state index < -0.39 is 0 Å². The van der Waals surface area contributed by atoms with Crippen molar-refractivity contribution in [2.75, 3.05) is 34.9 Å². The molecule has 3 rings (SSSR count). The van der Waals surface area contributed by atoms with Crippen LogP contribution in [-0.2, 0) is 16.0 Å². The van der Waals surface area contributed by atoms with Crippen molar-refractivity contribution in [1.29, 1.82) is 0 Å². The number of esters is 1. The van der Waals surface area contributed by atoms with Crippen LogP contribution in [0.5, 0.6) is 11.5 Å². The van der Waals surface area contributed by atoms with E-state index in [0.29, 0.717) is 5.75 Å². The van der Waals surface area contributed by atoms with Crippen molar-refractivity contribution in [3.8, 4) is 11.5 Å². The second-order valence-electron chi connectivity index (χ2n) is 6.90. The molecule has 0 aromatic heterocycles. The molecule has 0 saturated carbocycles.